The van der Waals surface area contributed by atoms with Crippen LogP contribution in [0.4, 0.5) is 4.39 Å². The van der Waals surface area contributed by atoms with E-state index in [4.69, 9.17) is 30.5 Å². The quantitative estimate of drug-likeness (QED) is 0.334. The number of hydrogen-bond acceptors (Lipinski definition) is 10. The Hall–Kier alpha value is -2.92. The van der Waals surface area contributed by atoms with E-state index in [0.717, 1.165) is 0 Å². The van der Waals surface area contributed by atoms with Crippen LogP contribution in [0, 0.1) is 5.95 Å². The number of ether oxygens (including phenoxy) is 4. The number of rotatable bonds is 6. The maximum absolute atomic E-state index is 13.1. The zero-order valence-electron chi connectivity index (χ0n) is 17.8. The second-order valence-corrected chi connectivity index (χ2v) is 8.46. The minimum Gasteiger partial charge on any atom is -0.472 e. The monoisotopic (exact) mass is 498 g/mol. The van der Waals surface area contributed by atoms with E-state index in [1.54, 1.807) is 12.1 Å². The van der Waals surface area contributed by atoms with Crippen molar-refractivity contribution in [2.75, 3.05) is 5.75 Å². The molecule has 1 aliphatic heterocycles. The molecule has 9 nitrogen and oxygen atoms in total. The summed E-state index contributed by atoms with van der Waals surface area (Å²) in [4.78, 5) is 42.8. The molecule has 2 aromatic heterocycles. The van der Waals surface area contributed by atoms with Crippen molar-refractivity contribution in [3.8, 4) is 17.0 Å². The number of halogens is 2. The number of thioether (sulfide) groups is 1. The van der Waals surface area contributed by atoms with Gasteiger partial charge in [0.05, 0.1) is 5.69 Å². The molecule has 33 heavy (non-hydrogen) atoms. The number of nitrogens with zero attached hydrogens (tertiary/aromatic N) is 2. The third-order valence-corrected chi connectivity index (χ3v) is 5.87. The first kappa shape index (κ1) is 24.7. The van der Waals surface area contributed by atoms with Crippen LogP contribution in [-0.2, 0) is 28.6 Å². The molecule has 12 heteroatoms. The summed E-state index contributed by atoms with van der Waals surface area (Å²) in [5.74, 6) is -2.08. The van der Waals surface area contributed by atoms with Crippen LogP contribution in [0.2, 0.25) is 5.15 Å². The van der Waals surface area contributed by atoms with Crippen molar-refractivity contribution in [2.24, 2.45) is 0 Å². The zero-order valence-corrected chi connectivity index (χ0v) is 19.4. The summed E-state index contributed by atoms with van der Waals surface area (Å²) in [5, 5.41) is 0.00476. The van der Waals surface area contributed by atoms with E-state index in [1.807, 2.05) is 0 Å². The van der Waals surface area contributed by atoms with Gasteiger partial charge in [-0.2, -0.15) is 4.39 Å². The largest absolute Gasteiger partial charge is 0.472 e. The van der Waals surface area contributed by atoms with Gasteiger partial charge in [0.25, 0.3) is 0 Å². The van der Waals surface area contributed by atoms with Crippen LogP contribution < -0.4 is 4.74 Å². The Morgan fingerprint density at radius 2 is 1.67 bits per heavy atom. The third-order valence-electron chi connectivity index (χ3n) is 4.39. The molecule has 0 aromatic carbocycles. The lowest BCUT2D eigenvalue weighted by atomic mass is 10.1. The topological polar surface area (TPSA) is 114 Å². The zero-order chi connectivity index (χ0) is 24.1. The van der Waals surface area contributed by atoms with Crippen molar-refractivity contribution in [3.63, 3.8) is 0 Å². The fourth-order valence-corrected chi connectivity index (χ4v) is 4.54. The van der Waals surface area contributed by atoms with Crippen LogP contribution in [0.5, 0.6) is 5.75 Å². The van der Waals surface area contributed by atoms with E-state index in [-0.39, 0.29) is 16.7 Å². The van der Waals surface area contributed by atoms with Crippen molar-refractivity contribution >= 4 is 41.3 Å². The van der Waals surface area contributed by atoms with Crippen LogP contribution in [0.1, 0.15) is 20.8 Å². The number of esters is 3. The molecule has 1 aliphatic rings. The van der Waals surface area contributed by atoms with Crippen LogP contribution in [0.15, 0.2) is 30.5 Å². The number of pyridine rings is 2. The number of aromatic nitrogens is 2. The second-order valence-electron chi connectivity index (χ2n) is 6.97. The standard InChI is InChI=1S/C21H20ClFN2O7S/c1-10(26)29-16-9-33-21(19(31-12(3)28)18(16)30-11(2)27)32-15-6-5-14(25-20(15)22)13-4-7-17(23)24-8-13/h4-8,16,18-19,21H,9H2,1-3H3/t16-,18+,19-,21+/m1/s1. The molecule has 0 N–H and O–H groups in total. The van der Waals surface area contributed by atoms with E-state index >= 15 is 0 Å². The Balaban J connectivity index is 1.85. The van der Waals surface area contributed by atoms with Crippen LogP contribution in [0.3, 0.4) is 0 Å². The molecule has 2 aromatic rings. The molecule has 0 aliphatic carbocycles. The van der Waals surface area contributed by atoms with Crippen molar-refractivity contribution in [3.05, 3.63) is 41.6 Å². The van der Waals surface area contributed by atoms with E-state index in [9.17, 15) is 18.8 Å². The summed E-state index contributed by atoms with van der Waals surface area (Å²) in [5.41, 5.74) is 0.150. The van der Waals surface area contributed by atoms with Crippen LogP contribution in [-0.4, -0.2) is 57.4 Å². The Morgan fingerprint density at radius 1 is 1.00 bits per heavy atom. The number of carbonyl (C=O) groups is 3. The highest BCUT2D eigenvalue weighted by atomic mass is 35.5. The summed E-state index contributed by atoms with van der Waals surface area (Å²) in [6, 6.07) is 5.87. The SMILES string of the molecule is CC(=O)O[C@@H]1[C@@H](OC(C)=O)[C@@H](Oc2ccc(-c3ccc(F)nc3)nc2Cl)SC[C@H]1OC(C)=O. The fraction of sp³-hybridized carbons (Fsp3) is 0.381. The maximum Gasteiger partial charge on any atom is 0.303 e. The van der Waals surface area contributed by atoms with E-state index in [0.29, 0.717) is 11.3 Å². The van der Waals surface area contributed by atoms with Gasteiger partial charge in [-0.3, -0.25) is 14.4 Å². The summed E-state index contributed by atoms with van der Waals surface area (Å²) in [6.07, 6.45) is -1.70. The van der Waals surface area contributed by atoms with E-state index in [2.05, 4.69) is 9.97 Å². The Morgan fingerprint density at radius 3 is 2.24 bits per heavy atom. The molecule has 1 fully saturated rings. The van der Waals surface area contributed by atoms with Crippen molar-refractivity contribution in [2.45, 2.75) is 44.5 Å². The average Bonchev–Trinajstić information content (AvgIpc) is 2.73. The minimum atomic E-state index is -1.09. The highest BCUT2D eigenvalue weighted by molar-refractivity contribution is 7.99. The Labute approximate surface area is 197 Å². The van der Waals surface area contributed by atoms with Gasteiger partial charge in [-0.05, 0) is 24.3 Å². The lowest BCUT2D eigenvalue weighted by Crippen LogP contribution is -2.55. The summed E-state index contributed by atoms with van der Waals surface area (Å²) >= 11 is 7.49. The van der Waals surface area contributed by atoms with Gasteiger partial charge in [0.1, 0.15) is 0 Å². The molecule has 176 valence electrons. The average molecular weight is 499 g/mol. The first-order valence-corrected chi connectivity index (χ1v) is 11.1. The van der Waals surface area contributed by atoms with Gasteiger partial charge >= 0.3 is 17.9 Å². The molecule has 0 radical (unpaired) electrons. The molecule has 3 rings (SSSR count). The van der Waals surface area contributed by atoms with Gasteiger partial charge in [0.2, 0.25) is 5.95 Å². The first-order valence-electron chi connectivity index (χ1n) is 9.72. The molecular formula is C21H20ClFN2O7S. The predicted octanol–water partition coefficient (Wildman–Crippen LogP) is 3.18. The van der Waals surface area contributed by atoms with Gasteiger partial charge in [-0.15, -0.1) is 11.8 Å². The molecule has 0 amide bonds. The van der Waals surface area contributed by atoms with Gasteiger partial charge in [0.15, 0.2) is 34.7 Å². The van der Waals surface area contributed by atoms with Crippen molar-refractivity contribution < 1.29 is 37.7 Å². The molecule has 0 bridgehead atoms. The normalized spacial score (nSPS) is 22.2. The van der Waals surface area contributed by atoms with Gasteiger partial charge in [-0.1, -0.05) is 11.6 Å². The molecule has 4 atom stereocenters. The van der Waals surface area contributed by atoms with Crippen molar-refractivity contribution in [1.82, 2.24) is 9.97 Å². The van der Waals surface area contributed by atoms with E-state index < -0.39 is 47.6 Å². The highest BCUT2D eigenvalue weighted by Gasteiger charge is 2.47. The molecular weight excluding hydrogens is 479 g/mol. The highest BCUT2D eigenvalue weighted by Crippen LogP contribution is 2.36. The molecule has 0 unspecified atom stereocenters. The molecule has 0 spiro atoms. The minimum absolute atomic E-state index is 0.00476. The smallest absolute Gasteiger partial charge is 0.303 e. The van der Waals surface area contributed by atoms with Crippen LogP contribution >= 0.6 is 23.4 Å². The number of hydrogen-bond donors (Lipinski definition) is 0. The lowest BCUT2D eigenvalue weighted by Gasteiger charge is -2.39. The predicted molar refractivity (Wildman–Crippen MR) is 116 cm³/mol. The summed E-state index contributed by atoms with van der Waals surface area (Å²) in [7, 11) is 0. The van der Waals surface area contributed by atoms with Gasteiger partial charge in [-0.25, -0.2) is 9.97 Å². The second kappa shape index (κ2) is 10.8. The molecule has 0 saturated carbocycles. The lowest BCUT2D eigenvalue weighted by molar-refractivity contribution is -0.186. The summed E-state index contributed by atoms with van der Waals surface area (Å²) < 4.78 is 35.0. The molecule has 3 heterocycles. The first-order chi connectivity index (χ1) is 15.6. The van der Waals surface area contributed by atoms with Gasteiger partial charge < -0.3 is 18.9 Å². The Bertz CT molecular complexity index is 1040. The van der Waals surface area contributed by atoms with Crippen molar-refractivity contribution in [1.29, 1.82) is 0 Å². The molecule has 1 saturated heterocycles. The third kappa shape index (κ3) is 6.55. The van der Waals surface area contributed by atoms with Gasteiger partial charge in [0, 0.05) is 38.3 Å². The summed E-state index contributed by atoms with van der Waals surface area (Å²) in [6.45, 7) is 3.61. The fourth-order valence-electron chi connectivity index (χ4n) is 3.13. The number of carbonyl (C=O) groups excluding carboxylic acids is 3. The van der Waals surface area contributed by atoms with Crippen LogP contribution in [0.25, 0.3) is 11.3 Å². The van der Waals surface area contributed by atoms with E-state index in [1.165, 1.54) is 50.9 Å². The maximum atomic E-state index is 13.1. The Kier molecular flexibility index (Phi) is 8.09.